The van der Waals surface area contributed by atoms with E-state index in [1.807, 2.05) is 12.1 Å². The van der Waals surface area contributed by atoms with Crippen molar-refractivity contribution in [2.75, 3.05) is 11.9 Å². The monoisotopic (exact) mass is 317 g/mol. The van der Waals surface area contributed by atoms with E-state index in [2.05, 4.69) is 58.5 Å². The molecule has 0 aromatic heterocycles. The van der Waals surface area contributed by atoms with Crippen LogP contribution >= 0.6 is 15.9 Å². The quantitative estimate of drug-likeness (QED) is 0.917. The molecule has 0 amide bonds. The number of benzene rings is 2. The summed E-state index contributed by atoms with van der Waals surface area (Å²) >= 11 is 3.52. The molecule has 1 aliphatic rings. The summed E-state index contributed by atoms with van der Waals surface area (Å²) in [5, 5.41) is 3.45. The van der Waals surface area contributed by atoms with Gasteiger partial charge in [-0.15, -0.1) is 0 Å². The van der Waals surface area contributed by atoms with Crippen LogP contribution in [-0.2, 0) is 6.42 Å². The number of anilines is 1. The maximum atomic E-state index is 5.91. The van der Waals surface area contributed by atoms with Gasteiger partial charge in [0, 0.05) is 16.6 Å². The van der Waals surface area contributed by atoms with Crippen molar-refractivity contribution in [3.05, 3.63) is 58.1 Å². The molecule has 3 rings (SSSR count). The van der Waals surface area contributed by atoms with E-state index in [9.17, 15) is 0 Å². The molecule has 2 aromatic carbocycles. The second-order valence-electron chi connectivity index (χ2n) is 4.95. The van der Waals surface area contributed by atoms with Gasteiger partial charge in [-0.25, -0.2) is 0 Å². The molecular formula is C16H16BrNO. The van der Waals surface area contributed by atoms with E-state index in [0.29, 0.717) is 0 Å². The van der Waals surface area contributed by atoms with Crippen LogP contribution in [0.25, 0.3) is 0 Å². The molecule has 1 heterocycles. The number of halogens is 1. The van der Waals surface area contributed by atoms with Crippen LogP contribution in [-0.4, -0.2) is 12.6 Å². The summed E-state index contributed by atoms with van der Waals surface area (Å²) in [6.07, 6.45) is 1.20. The van der Waals surface area contributed by atoms with E-state index in [1.165, 1.54) is 11.1 Å². The van der Waals surface area contributed by atoms with Gasteiger partial charge in [0.05, 0.1) is 6.54 Å². The largest absolute Gasteiger partial charge is 0.488 e. The first kappa shape index (κ1) is 12.5. The average Bonchev–Trinajstić information content (AvgIpc) is 2.78. The highest BCUT2D eigenvalue weighted by atomic mass is 79.9. The van der Waals surface area contributed by atoms with Crippen molar-refractivity contribution in [1.29, 1.82) is 0 Å². The van der Waals surface area contributed by atoms with Crippen LogP contribution in [0.3, 0.4) is 0 Å². The molecule has 3 heteroatoms. The smallest absolute Gasteiger partial charge is 0.123 e. The normalized spacial score (nSPS) is 16.8. The molecule has 1 atom stereocenters. The molecule has 0 saturated carbocycles. The third-order valence-electron chi connectivity index (χ3n) is 3.29. The van der Waals surface area contributed by atoms with Crippen molar-refractivity contribution in [3.63, 3.8) is 0 Å². The van der Waals surface area contributed by atoms with Gasteiger partial charge in [0.25, 0.3) is 0 Å². The fourth-order valence-electron chi connectivity index (χ4n) is 2.44. The van der Waals surface area contributed by atoms with Gasteiger partial charge in [-0.2, -0.15) is 0 Å². The van der Waals surface area contributed by atoms with E-state index >= 15 is 0 Å². The maximum Gasteiger partial charge on any atom is 0.123 e. The van der Waals surface area contributed by atoms with E-state index in [0.717, 1.165) is 28.9 Å². The first-order chi connectivity index (χ1) is 9.20. The number of hydrogen-bond donors (Lipinski definition) is 1. The van der Waals surface area contributed by atoms with Crippen molar-refractivity contribution < 1.29 is 4.74 Å². The molecular weight excluding hydrogens is 302 g/mol. The van der Waals surface area contributed by atoms with Crippen LogP contribution in [0.1, 0.15) is 11.1 Å². The van der Waals surface area contributed by atoms with Crippen LogP contribution in [0, 0.1) is 6.92 Å². The van der Waals surface area contributed by atoms with Gasteiger partial charge >= 0.3 is 0 Å². The molecule has 0 aliphatic carbocycles. The number of fused-ring (bicyclic) bond motifs is 1. The molecule has 0 fully saturated rings. The molecule has 2 aromatic rings. The summed E-state index contributed by atoms with van der Waals surface area (Å²) in [4.78, 5) is 0. The molecule has 1 N–H and O–H groups in total. The molecule has 0 bridgehead atoms. The molecule has 98 valence electrons. The number of aryl methyl sites for hydroxylation is 1. The Labute approximate surface area is 121 Å². The first-order valence-corrected chi connectivity index (χ1v) is 7.25. The van der Waals surface area contributed by atoms with Gasteiger partial charge in [-0.05, 0) is 42.3 Å². The van der Waals surface area contributed by atoms with Crippen molar-refractivity contribution in [1.82, 2.24) is 0 Å². The van der Waals surface area contributed by atoms with Crippen molar-refractivity contribution in [2.24, 2.45) is 0 Å². The lowest BCUT2D eigenvalue weighted by atomic mass is 10.1. The predicted octanol–water partition coefficient (Wildman–Crippen LogP) is 4.17. The first-order valence-electron chi connectivity index (χ1n) is 6.46. The van der Waals surface area contributed by atoms with Crippen LogP contribution in [0.15, 0.2) is 46.9 Å². The number of hydrogen-bond acceptors (Lipinski definition) is 2. The topological polar surface area (TPSA) is 21.3 Å². The summed E-state index contributed by atoms with van der Waals surface area (Å²) in [6, 6.07) is 14.6. The summed E-state index contributed by atoms with van der Waals surface area (Å²) < 4.78 is 7.02. The zero-order valence-corrected chi connectivity index (χ0v) is 12.4. The SMILES string of the molecule is Cc1cc(Br)cc(NCC2Cc3ccccc3O2)c1. The standard InChI is InChI=1S/C16H16BrNO/c1-11-6-13(17)9-14(7-11)18-10-15-8-12-4-2-3-5-16(12)19-15/h2-7,9,15,18H,8,10H2,1H3. The van der Waals surface area contributed by atoms with Gasteiger partial charge in [0.2, 0.25) is 0 Å². The van der Waals surface area contributed by atoms with E-state index in [-0.39, 0.29) is 6.10 Å². The van der Waals surface area contributed by atoms with Crippen LogP contribution in [0.2, 0.25) is 0 Å². The number of ether oxygens (including phenoxy) is 1. The Morgan fingerprint density at radius 2 is 2.11 bits per heavy atom. The Bertz CT molecular complexity index is 552. The summed E-state index contributed by atoms with van der Waals surface area (Å²) in [7, 11) is 0. The summed E-state index contributed by atoms with van der Waals surface area (Å²) in [5.41, 5.74) is 3.68. The lowest BCUT2D eigenvalue weighted by Crippen LogP contribution is -2.23. The predicted molar refractivity (Wildman–Crippen MR) is 81.9 cm³/mol. The molecule has 19 heavy (non-hydrogen) atoms. The minimum absolute atomic E-state index is 0.219. The third-order valence-corrected chi connectivity index (χ3v) is 3.75. The average molecular weight is 318 g/mol. The van der Waals surface area contributed by atoms with Crippen LogP contribution in [0.4, 0.5) is 5.69 Å². The third kappa shape index (κ3) is 2.92. The minimum Gasteiger partial charge on any atom is -0.488 e. The fraction of sp³-hybridized carbons (Fsp3) is 0.250. The van der Waals surface area contributed by atoms with Gasteiger partial charge in [0.1, 0.15) is 11.9 Å². The zero-order chi connectivity index (χ0) is 13.2. The molecule has 1 unspecified atom stereocenters. The van der Waals surface area contributed by atoms with Crippen LogP contribution in [0.5, 0.6) is 5.75 Å². The lowest BCUT2D eigenvalue weighted by molar-refractivity contribution is 0.246. The lowest BCUT2D eigenvalue weighted by Gasteiger charge is -2.13. The number of para-hydroxylation sites is 1. The Kier molecular flexibility index (Phi) is 3.47. The fourth-order valence-corrected chi connectivity index (χ4v) is 3.05. The van der Waals surface area contributed by atoms with Gasteiger partial charge in [-0.1, -0.05) is 34.1 Å². The van der Waals surface area contributed by atoms with Gasteiger partial charge < -0.3 is 10.1 Å². The van der Waals surface area contributed by atoms with Gasteiger partial charge in [0.15, 0.2) is 0 Å². The van der Waals surface area contributed by atoms with E-state index in [1.54, 1.807) is 0 Å². The zero-order valence-electron chi connectivity index (χ0n) is 10.8. The molecule has 1 aliphatic heterocycles. The van der Waals surface area contributed by atoms with Gasteiger partial charge in [-0.3, -0.25) is 0 Å². The molecule has 0 radical (unpaired) electrons. The number of nitrogens with one attached hydrogen (secondary N) is 1. The number of rotatable bonds is 3. The Morgan fingerprint density at radius 3 is 2.89 bits per heavy atom. The van der Waals surface area contributed by atoms with E-state index in [4.69, 9.17) is 4.74 Å². The molecule has 0 spiro atoms. The van der Waals surface area contributed by atoms with Crippen molar-refractivity contribution in [3.8, 4) is 5.75 Å². The Balaban J connectivity index is 1.62. The Hall–Kier alpha value is -1.48. The second kappa shape index (κ2) is 5.25. The highest BCUT2D eigenvalue weighted by Crippen LogP contribution is 2.28. The molecule has 0 saturated heterocycles. The highest BCUT2D eigenvalue weighted by molar-refractivity contribution is 9.10. The summed E-state index contributed by atoms with van der Waals surface area (Å²) in [5.74, 6) is 1.03. The van der Waals surface area contributed by atoms with Crippen LogP contribution < -0.4 is 10.1 Å². The van der Waals surface area contributed by atoms with Crippen molar-refractivity contribution in [2.45, 2.75) is 19.4 Å². The molecule has 2 nitrogen and oxygen atoms in total. The minimum atomic E-state index is 0.219. The maximum absolute atomic E-state index is 5.91. The Morgan fingerprint density at radius 1 is 1.26 bits per heavy atom. The van der Waals surface area contributed by atoms with E-state index < -0.39 is 0 Å². The summed E-state index contributed by atoms with van der Waals surface area (Å²) in [6.45, 7) is 2.92. The van der Waals surface area contributed by atoms with Crippen molar-refractivity contribution >= 4 is 21.6 Å². The second-order valence-corrected chi connectivity index (χ2v) is 5.87. The highest BCUT2D eigenvalue weighted by Gasteiger charge is 2.21.